The molecule has 6 nitrogen and oxygen atoms in total. The molecular formula is C11H21N5OS. The van der Waals surface area contributed by atoms with Crippen LogP contribution in [0.1, 0.15) is 47.1 Å². The second kappa shape index (κ2) is 6.17. The van der Waals surface area contributed by atoms with Crippen molar-refractivity contribution in [2.24, 2.45) is 0 Å². The van der Waals surface area contributed by atoms with E-state index in [1.54, 1.807) is 4.68 Å². The molecule has 0 saturated carbocycles. The molecule has 0 bridgehead atoms. The van der Waals surface area contributed by atoms with Crippen molar-refractivity contribution in [3.05, 3.63) is 0 Å². The Balaban J connectivity index is 2.50. The molecule has 1 rings (SSSR count). The third-order valence-electron chi connectivity index (χ3n) is 2.65. The second-order valence-corrected chi connectivity index (χ2v) is 6.02. The number of rotatable bonds is 6. The maximum Gasteiger partial charge on any atom is 0.230 e. The number of carbonyl (C=O) groups excluding carboxylic acids is 1. The Morgan fingerprint density at radius 3 is 2.72 bits per heavy atom. The predicted molar refractivity (Wildman–Crippen MR) is 71.4 cm³/mol. The molecular weight excluding hydrogens is 250 g/mol. The molecule has 1 aromatic rings. The lowest BCUT2D eigenvalue weighted by Gasteiger charge is -2.24. The van der Waals surface area contributed by atoms with Crippen molar-refractivity contribution in [2.75, 3.05) is 5.75 Å². The lowest BCUT2D eigenvalue weighted by Crippen LogP contribution is -2.43. The number of aromatic nitrogens is 4. The molecule has 0 spiro atoms. The molecule has 1 heterocycles. The maximum atomic E-state index is 11.8. The van der Waals surface area contributed by atoms with Gasteiger partial charge in [0.15, 0.2) is 0 Å². The molecule has 1 aromatic heterocycles. The highest BCUT2D eigenvalue weighted by Crippen LogP contribution is 2.17. The van der Waals surface area contributed by atoms with Gasteiger partial charge in [0.1, 0.15) is 0 Å². The number of tetrazole rings is 1. The van der Waals surface area contributed by atoms with Crippen molar-refractivity contribution in [1.82, 2.24) is 25.5 Å². The van der Waals surface area contributed by atoms with Crippen LogP contribution in [-0.4, -0.2) is 37.4 Å². The Kier molecular flexibility index (Phi) is 5.13. The Morgan fingerprint density at radius 2 is 2.17 bits per heavy atom. The average molecular weight is 271 g/mol. The fourth-order valence-corrected chi connectivity index (χ4v) is 2.04. The largest absolute Gasteiger partial charge is 0.351 e. The number of nitrogens with zero attached hydrogens (tertiary/aromatic N) is 4. The summed E-state index contributed by atoms with van der Waals surface area (Å²) in [5.74, 6) is 0.335. The van der Waals surface area contributed by atoms with E-state index in [4.69, 9.17) is 0 Å². The molecule has 102 valence electrons. The highest BCUT2D eigenvalue weighted by molar-refractivity contribution is 7.99. The summed E-state index contributed by atoms with van der Waals surface area (Å²) < 4.78 is 1.71. The van der Waals surface area contributed by atoms with Gasteiger partial charge < -0.3 is 5.32 Å². The van der Waals surface area contributed by atoms with E-state index in [0.29, 0.717) is 10.9 Å². The molecule has 18 heavy (non-hydrogen) atoms. The molecule has 0 radical (unpaired) electrons. The first-order valence-corrected chi connectivity index (χ1v) is 7.06. The van der Waals surface area contributed by atoms with Crippen molar-refractivity contribution in [1.29, 1.82) is 0 Å². The molecule has 0 atom stereocenters. The maximum absolute atomic E-state index is 11.8. The quantitative estimate of drug-likeness (QED) is 0.796. The summed E-state index contributed by atoms with van der Waals surface area (Å²) in [6, 6.07) is 0.192. The summed E-state index contributed by atoms with van der Waals surface area (Å²) in [5.41, 5.74) is -0.165. The van der Waals surface area contributed by atoms with Gasteiger partial charge in [0.2, 0.25) is 11.1 Å². The van der Waals surface area contributed by atoms with Crippen LogP contribution in [-0.2, 0) is 4.79 Å². The number of hydrogen-bond donors (Lipinski definition) is 1. The Bertz CT molecular complexity index is 402. The predicted octanol–water partition coefficient (Wildman–Crippen LogP) is 1.65. The van der Waals surface area contributed by atoms with Crippen molar-refractivity contribution in [3.8, 4) is 0 Å². The molecule has 0 fully saturated rings. The van der Waals surface area contributed by atoms with Gasteiger partial charge in [0, 0.05) is 5.54 Å². The van der Waals surface area contributed by atoms with Gasteiger partial charge in [0.25, 0.3) is 0 Å². The van der Waals surface area contributed by atoms with E-state index in [-0.39, 0.29) is 17.5 Å². The summed E-state index contributed by atoms with van der Waals surface area (Å²) in [5, 5.41) is 15.1. The zero-order valence-corrected chi connectivity index (χ0v) is 12.4. The van der Waals surface area contributed by atoms with Crippen LogP contribution in [0.25, 0.3) is 0 Å². The van der Waals surface area contributed by atoms with E-state index < -0.39 is 0 Å². The van der Waals surface area contributed by atoms with Crippen LogP contribution in [0.5, 0.6) is 0 Å². The second-order valence-electron chi connectivity index (χ2n) is 5.07. The van der Waals surface area contributed by atoms with E-state index in [1.807, 2.05) is 34.6 Å². The van der Waals surface area contributed by atoms with Gasteiger partial charge in [-0.05, 0) is 44.5 Å². The van der Waals surface area contributed by atoms with Gasteiger partial charge in [0.05, 0.1) is 11.8 Å². The van der Waals surface area contributed by atoms with E-state index in [0.717, 1.165) is 6.42 Å². The number of hydrogen-bond acceptors (Lipinski definition) is 5. The molecule has 7 heteroatoms. The summed E-state index contributed by atoms with van der Waals surface area (Å²) in [4.78, 5) is 11.8. The van der Waals surface area contributed by atoms with Crippen LogP contribution in [0.15, 0.2) is 5.16 Å². The van der Waals surface area contributed by atoms with E-state index >= 15 is 0 Å². The summed E-state index contributed by atoms with van der Waals surface area (Å²) in [6.07, 6.45) is 0.896. The monoisotopic (exact) mass is 271 g/mol. The van der Waals surface area contributed by atoms with Crippen LogP contribution in [0, 0.1) is 0 Å². The topological polar surface area (TPSA) is 72.7 Å². The number of amides is 1. The lowest BCUT2D eigenvalue weighted by atomic mass is 10.0. The van der Waals surface area contributed by atoms with Crippen molar-refractivity contribution >= 4 is 17.7 Å². The Hall–Kier alpha value is -1.11. The summed E-state index contributed by atoms with van der Waals surface area (Å²) >= 11 is 1.36. The van der Waals surface area contributed by atoms with Crippen LogP contribution < -0.4 is 5.32 Å². The first kappa shape index (κ1) is 14.9. The third-order valence-corrected chi connectivity index (χ3v) is 3.58. The fraction of sp³-hybridized carbons (Fsp3) is 0.818. The highest BCUT2D eigenvalue weighted by Gasteiger charge is 2.19. The van der Waals surface area contributed by atoms with Crippen LogP contribution in [0.4, 0.5) is 0 Å². The van der Waals surface area contributed by atoms with Crippen LogP contribution in [0.2, 0.25) is 0 Å². The van der Waals surface area contributed by atoms with Gasteiger partial charge in [-0.25, -0.2) is 4.68 Å². The van der Waals surface area contributed by atoms with Crippen LogP contribution in [0.3, 0.4) is 0 Å². The minimum atomic E-state index is -0.165. The van der Waals surface area contributed by atoms with Gasteiger partial charge in [-0.3, -0.25) is 4.79 Å². The Morgan fingerprint density at radius 1 is 1.50 bits per heavy atom. The summed E-state index contributed by atoms with van der Waals surface area (Å²) in [6.45, 7) is 10.1. The van der Waals surface area contributed by atoms with Crippen molar-refractivity contribution in [2.45, 2.75) is 57.8 Å². The first-order chi connectivity index (χ1) is 8.35. The molecule has 1 N–H and O–H groups in total. The van der Waals surface area contributed by atoms with Gasteiger partial charge >= 0.3 is 0 Å². The van der Waals surface area contributed by atoms with E-state index in [1.165, 1.54) is 11.8 Å². The number of nitrogens with one attached hydrogen (secondary N) is 1. The summed E-state index contributed by atoms with van der Waals surface area (Å²) in [7, 11) is 0. The fourth-order valence-electron chi connectivity index (χ4n) is 1.24. The first-order valence-electron chi connectivity index (χ1n) is 6.07. The van der Waals surface area contributed by atoms with Crippen LogP contribution >= 0.6 is 11.8 Å². The standard InChI is InChI=1S/C11H21N5OS/c1-6-11(4,5)12-9(17)7-18-10-13-14-15-16(10)8(2)3/h8H,6-7H2,1-5H3,(H,12,17). The molecule has 0 aromatic carbocycles. The number of thioether (sulfide) groups is 1. The lowest BCUT2D eigenvalue weighted by molar-refractivity contribution is -0.120. The molecule has 0 saturated heterocycles. The van der Waals surface area contributed by atoms with Crippen molar-refractivity contribution < 1.29 is 4.79 Å². The average Bonchev–Trinajstić information content (AvgIpc) is 2.74. The molecule has 0 aliphatic rings. The zero-order chi connectivity index (χ0) is 13.8. The minimum Gasteiger partial charge on any atom is -0.351 e. The molecule has 0 unspecified atom stereocenters. The normalized spacial score (nSPS) is 11.9. The third kappa shape index (κ3) is 4.29. The zero-order valence-electron chi connectivity index (χ0n) is 11.6. The highest BCUT2D eigenvalue weighted by atomic mass is 32.2. The van der Waals surface area contributed by atoms with E-state index in [9.17, 15) is 4.79 Å². The molecule has 0 aliphatic carbocycles. The van der Waals surface area contributed by atoms with Gasteiger partial charge in [-0.15, -0.1) is 5.10 Å². The molecule has 0 aliphatic heterocycles. The van der Waals surface area contributed by atoms with E-state index in [2.05, 4.69) is 20.8 Å². The minimum absolute atomic E-state index is 0.00477. The number of carbonyl (C=O) groups is 1. The SMILES string of the molecule is CCC(C)(C)NC(=O)CSc1nnnn1C(C)C. The van der Waals surface area contributed by atoms with Gasteiger partial charge in [-0.1, -0.05) is 18.7 Å². The smallest absolute Gasteiger partial charge is 0.230 e. The van der Waals surface area contributed by atoms with Crippen molar-refractivity contribution in [3.63, 3.8) is 0 Å². The van der Waals surface area contributed by atoms with Gasteiger partial charge in [-0.2, -0.15) is 0 Å². The molecule has 1 amide bonds. The Labute approximate surface area is 112 Å².